The Morgan fingerprint density at radius 2 is 1.50 bits per heavy atom. The number of hydrogen-bond donors (Lipinski definition) is 0. The van der Waals surface area contributed by atoms with E-state index in [1.54, 1.807) is 6.07 Å². The van der Waals surface area contributed by atoms with Gasteiger partial charge in [-0.15, -0.1) is 0 Å². The maximum Gasteiger partial charge on any atom is 0.416 e. The van der Waals surface area contributed by atoms with Crippen LogP contribution >= 0.6 is 0 Å². The van der Waals surface area contributed by atoms with Crippen LogP contribution in [0.2, 0.25) is 0 Å². The van der Waals surface area contributed by atoms with E-state index >= 15 is 0 Å². The van der Waals surface area contributed by atoms with Gasteiger partial charge in [-0.1, -0.05) is 24.3 Å². The zero-order valence-corrected chi connectivity index (χ0v) is 9.20. The quantitative estimate of drug-likeness (QED) is 0.536. The number of alkyl halides is 3. The number of para-hydroxylation sites is 1. The summed E-state index contributed by atoms with van der Waals surface area (Å²) in [6.07, 6.45) is -4.33. The minimum absolute atomic E-state index is 0.364. The SMILES string of the molecule is FC(F)(F)c1ccc2cc3ccccc3nc2c1. The van der Waals surface area contributed by atoms with Crippen LogP contribution in [-0.4, -0.2) is 4.98 Å². The zero-order chi connectivity index (χ0) is 12.8. The number of fused-ring (bicyclic) bond motifs is 2. The molecule has 0 aliphatic heterocycles. The minimum atomic E-state index is -4.33. The summed E-state index contributed by atoms with van der Waals surface area (Å²) < 4.78 is 37.8. The summed E-state index contributed by atoms with van der Waals surface area (Å²) >= 11 is 0. The predicted octanol–water partition coefficient (Wildman–Crippen LogP) is 4.41. The lowest BCUT2D eigenvalue weighted by molar-refractivity contribution is -0.137. The molecule has 0 saturated carbocycles. The van der Waals surface area contributed by atoms with Gasteiger partial charge in [0.05, 0.1) is 16.6 Å². The number of halogens is 3. The average molecular weight is 247 g/mol. The molecule has 3 rings (SSSR count). The highest BCUT2D eigenvalue weighted by molar-refractivity contribution is 5.92. The van der Waals surface area contributed by atoms with Crippen LogP contribution < -0.4 is 0 Å². The fraction of sp³-hybridized carbons (Fsp3) is 0.0714. The summed E-state index contributed by atoms with van der Waals surface area (Å²) in [6.45, 7) is 0. The molecule has 0 aliphatic carbocycles. The van der Waals surface area contributed by atoms with Crippen LogP contribution in [-0.2, 0) is 6.18 Å². The monoisotopic (exact) mass is 247 g/mol. The first-order valence-electron chi connectivity index (χ1n) is 5.41. The van der Waals surface area contributed by atoms with Crippen LogP contribution in [0, 0.1) is 0 Å². The summed E-state index contributed by atoms with van der Waals surface area (Å²) in [7, 11) is 0. The fourth-order valence-electron chi connectivity index (χ4n) is 1.95. The highest BCUT2D eigenvalue weighted by Gasteiger charge is 2.30. The van der Waals surface area contributed by atoms with Crippen LogP contribution in [0.5, 0.6) is 0 Å². The maximum atomic E-state index is 12.6. The van der Waals surface area contributed by atoms with Crippen molar-refractivity contribution in [2.45, 2.75) is 6.18 Å². The molecule has 1 heterocycles. The molecular weight excluding hydrogens is 239 g/mol. The van der Waals surface area contributed by atoms with Gasteiger partial charge in [0.2, 0.25) is 0 Å². The Balaban J connectivity index is 2.31. The van der Waals surface area contributed by atoms with E-state index in [4.69, 9.17) is 0 Å². The topological polar surface area (TPSA) is 12.9 Å². The second-order valence-electron chi connectivity index (χ2n) is 4.09. The van der Waals surface area contributed by atoms with E-state index in [0.29, 0.717) is 16.4 Å². The lowest BCUT2D eigenvalue weighted by Crippen LogP contribution is -2.04. The molecular formula is C14H8F3N. The van der Waals surface area contributed by atoms with Crippen LogP contribution in [0.25, 0.3) is 21.8 Å². The minimum Gasteiger partial charge on any atom is -0.248 e. The standard InChI is InChI=1S/C14H8F3N/c15-14(16,17)11-6-5-10-7-9-3-1-2-4-12(9)18-13(10)8-11/h1-8H. The van der Waals surface area contributed by atoms with Gasteiger partial charge >= 0.3 is 6.18 Å². The normalized spacial score (nSPS) is 12.2. The number of hydrogen-bond acceptors (Lipinski definition) is 1. The van der Waals surface area contributed by atoms with E-state index < -0.39 is 11.7 Å². The summed E-state index contributed by atoms with van der Waals surface area (Å²) in [6, 6.07) is 12.8. The highest BCUT2D eigenvalue weighted by Crippen LogP contribution is 2.31. The van der Waals surface area contributed by atoms with Crippen molar-refractivity contribution >= 4 is 21.8 Å². The molecule has 3 aromatic rings. The van der Waals surface area contributed by atoms with Gasteiger partial charge in [-0.2, -0.15) is 13.2 Å². The van der Waals surface area contributed by atoms with Crippen LogP contribution in [0.15, 0.2) is 48.5 Å². The number of nitrogens with zero attached hydrogens (tertiary/aromatic N) is 1. The average Bonchev–Trinajstić information content (AvgIpc) is 2.34. The summed E-state index contributed by atoms with van der Waals surface area (Å²) in [5, 5.41) is 1.63. The smallest absolute Gasteiger partial charge is 0.248 e. The molecule has 1 nitrogen and oxygen atoms in total. The molecule has 0 unspecified atom stereocenters. The molecule has 0 spiro atoms. The van der Waals surface area contributed by atoms with Crippen molar-refractivity contribution in [3.63, 3.8) is 0 Å². The van der Waals surface area contributed by atoms with Crippen LogP contribution in [0.1, 0.15) is 5.56 Å². The van der Waals surface area contributed by atoms with Gasteiger partial charge in [0.1, 0.15) is 0 Å². The van der Waals surface area contributed by atoms with Gasteiger partial charge in [0.25, 0.3) is 0 Å². The largest absolute Gasteiger partial charge is 0.416 e. The second-order valence-corrected chi connectivity index (χ2v) is 4.09. The van der Waals surface area contributed by atoms with Crippen LogP contribution in [0.4, 0.5) is 13.2 Å². The molecule has 90 valence electrons. The molecule has 4 heteroatoms. The number of pyridine rings is 1. The molecule has 2 aromatic carbocycles. The highest BCUT2D eigenvalue weighted by atomic mass is 19.4. The van der Waals surface area contributed by atoms with E-state index in [9.17, 15) is 13.2 Å². The van der Waals surface area contributed by atoms with Gasteiger partial charge in [-0.25, -0.2) is 4.98 Å². The Morgan fingerprint density at radius 3 is 2.28 bits per heavy atom. The Morgan fingerprint density at radius 1 is 0.778 bits per heavy atom. The zero-order valence-electron chi connectivity index (χ0n) is 9.20. The molecule has 0 fully saturated rings. The van der Waals surface area contributed by atoms with Gasteiger partial charge < -0.3 is 0 Å². The fourth-order valence-corrected chi connectivity index (χ4v) is 1.95. The Labute approximate surface area is 101 Å². The summed E-state index contributed by atoms with van der Waals surface area (Å²) in [5.41, 5.74) is 0.394. The molecule has 1 aromatic heterocycles. The third-order valence-corrected chi connectivity index (χ3v) is 2.85. The van der Waals surface area contributed by atoms with Crippen molar-refractivity contribution in [1.29, 1.82) is 0 Å². The summed E-state index contributed by atoms with van der Waals surface area (Å²) in [4.78, 5) is 4.25. The van der Waals surface area contributed by atoms with E-state index in [-0.39, 0.29) is 0 Å². The van der Waals surface area contributed by atoms with Crippen molar-refractivity contribution in [3.8, 4) is 0 Å². The predicted molar refractivity (Wildman–Crippen MR) is 64.3 cm³/mol. The molecule has 0 aliphatic rings. The van der Waals surface area contributed by atoms with Crippen LogP contribution in [0.3, 0.4) is 0 Å². The molecule has 0 saturated heterocycles. The molecule has 0 N–H and O–H groups in total. The third-order valence-electron chi connectivity index (χ3n) is 2.85. The third kappa shape index (κ3) is 1.79. The molecule has 0 amide bonds. The first kappa shape index (κ1) is 11.0. The van der Waals surface area contributed by atoms with Gasteiger partial charge in [-0.05, 0) is 24.3 Å². The Kier molecular flexibility index (Phi) is 2.26. The van der Waals surface area contributed by atoms with Gasteiger partial charge in [0, 0.05) is 10.8 Å². The van der Waals surface area contributed by atoms with Crippen molar-refractivity contribution < 1.29 is 13.2 Å². The van der Waals surface area contributed by atoms with Crippen molar-refractivity contribution in [1.82, 2.24) is 4.98 Å². The number of benzene rings is 2. The Bertz CT molecular complexity index is 732. The molecule has 18 heavy (non-hydrogen) atoms. The maximum absolute atomic E-state index is 12.6. The molecule has 0 radical (unpaired) electrons. The number of aromatic nitrogens is 1. The van der Waals surface area contributed by atoms with E-state index in [2.05, 4.69) is 4.98 Å². The van der Waals surface area contributed by atoms with Crippen molar-refractivity contribution in [2.24, 2.45) is 0 Å². The lowest BCUT2D eigenvalue weighted by atomic mass is 10.1. The number of rotatable bonds is 0. The first-order valence-corrected chi connectivity index (χ1v) is 5.41. The van der Waals surface area contributed by atoms with E-state index in [0.717, 1.165) is 17.5 Å². The first-order chi connectivity index (χ1) is 8.54. The van der Waals surface area contributed by atoms with E-state index in [1.807, 2.05) is 24.3 Å². The molecule has 0 bridgehead atoms. The van der Waals surface area contributed by atoms with Crippen molar-refractivity contribution in [3.05, 3.63) is 54.1 Å². The second kappa shape index (κ2) is 3.70. The van der Waals surface area contributed by atoms with Crippen molar-refractivity contribution in [2.75, 3.05) is 0 Å². The Hall–Kier alpha value is -2.10. The molecule has 0 atom stereocenters. The van der Waals surface area contributed by atoms with E-state index in [1.165, 1.54) is 6.07 Å². The van der Waals surface area contributed by atoms with Gasteiger partial charge in [0.15, 0.2) is 0 Å². The van der Waals surface area contributed by atoms with Gasteiger partial charge in [-0.3, -0.25) is 0 Å². The lowest BCUT2D eigenvalue weighted by Gasteiger charge is -2.08. The summed E-state index contributed by atoms with van der Waals surface area (Å²) in [5.74, 6) is 0.